The van der Waals surface area contributed by atoms with Crippen LogP contribution in [0.1, 0.15) is 23.0 Å². The van der Waals surface area contributed by atoms with E-state index in [1.165, 1.54) is 0 Å². The van der Waals surface area contributed by atoms with Gasteiger partial charge in [-0.2, -0.15) is 0 Å². The van der Waals surface area contributed by atoms with E-state index in [-0.39, 0.29) is 5.91 Å². The minimum atomic E-state index is 0.0168. The van der Waals surface area contributed by atoms with Crippen molar-refractivity contribution in [1.82, 2.24) is 9.88 Å². The number of para-hydroxylation sites is 1. The van der Waals surface area contributed by atoms with Crippen LogP contribution in [-0.2, 0) is 6.54 Å². The number of hydrogen-bond donors (Lipinski definition) is 1. The van der Waals surface area contributed by atoms with Gasteiger partial charge in [0, 0.05) is 25.5 Å². The fraction of sp³-hybridized carbons (Fsp3) is 0.250. The summed E-state index contributed by atoms with van der Waals surface area (Å²) >= 11 is 0. The zero-order valence-corrected chi connectivity index (χ0v) is 11.8. The molecule has 0 aliphatic rings. The summed E-state index contributed by atoms with van der Waals surface area (Å²) in [5, 5.41) is 3.06. The number of carbonyl (C=O) groups is 1. The van der Waals surface area contributed by atoms with Crippen molar-refractivity contribution < 1.29 is 4.79 Å². The topological polar surface area (TPSA) is 45.2 Å². The predicted octanol–water partition coefficient (Wildman–Crippen LogP) is 2.79. The normalized spacial score (nSPS) is 10.1. The number of rotatable bonds is 5. The summed E-state index contributed by atoms with van der Waals surface area (Å²) in [5.41, 5.74) is 2.43. The molecule has 20 heavy (non-hydrogen) atoms. The number of hydrogen-bond acceptors (Lipinski definition) is 3. The zero-order chi connectivity index (χ0) is 14.4. The average Bonchev–Trinajstić information content (AvgIpc) is 2.53. The molecule has 1 N–H and O–H groups in total. The van der Waals surface area contributed by atoms with Crippen LogP contribution in [-0.4, -0.2) is 29.4 Å². The lowest BCUT2D eigenvalue weighted by molar-refractivity contribution is 0.0751. The average molecular weight is 269 g/mol. The van der Waals surface area contributed by atoms with Crippen molar-refractivity contribution in [3.63, 3.8) is 0 Å². The maximum atomic E-state index is 12.6. The van der Waals surface area contributed by atoms with Gasteiger partial charge in [0.05, 0.1) is 17.8 Å². The van der Waals surface area contributed by atoms with Crippen molar-refractivity contribution in [1.29, 1.82) is 0 Å². The fourth-order valence-corrected chi connectivity index (χ4v) is 2.07. The largest absolute Gasteiger partial charge is 0.387 e. The molecule has 1 aromatic carbocycles. The van der Waals surface area contributed by atoms with E-state index >= 15 is 0 Å². The van der Waals surface area contributed by atoms with Gasteiger partial charge in [0.25, 0.3) is 5.91 Å². The van der Waals surface area contributed by atoms with Gasteiger partial charge in [0.15, 0.2) is 0 Å². The van der Waals surface area contributed by atoms with Crippen molar-refractivity contribution in [2.45, 2.75) is 13.5 Å². The van der Waals surface area contributed by atoms with E-state index in [0.717, 1.165) is 11.4 Å². The number of amides is 1. The smallest absolute Gasteiger partial charge is 0.256 e. The lowest BCUT2D eigenvalue weighted by Crippen LogP contribution is -2.31. The molecule has 0 fully saturated rings. The number of anilines is 1. The second kappa shape index (κ2) is 6.70. The van der Waals surface area contributed by atoms with E-state index in [4.69, 9.17) is 0 Å². The van der Waals surface area contributed by atoms with E-state index < -0.39 is 0 Å². The van der Waals surface area contributed by atoms with E-state index in [1.54, 1.807) is 11.1 Å². The maximum absolute atomic E-state index is 12.6. The van der Waals surface area contributed by atoms with Crippen molar-refractivity contribution in [3.05, 3.63) is 59.9 Å². The highest BCUT2D eigenvalue weighted by Gasteiger charge is 2.17. The Bertz CT molecular complexity index is 569. The highest BCUT2D eigenvalue weighted by Crippen LogP contribution is 2.17. The standard InChI is InChI=1S/C16H19N3O/c1-3-19(12-13-8-6-7-11-18-13)16(20)14-9-4-5-10-15(14)17-2/h4-11,17H,3,12H2,1-2H3. The van der Waals surface area contributed by atoms with Crippen LogP contribution in [0.2, 0.25) is 0 Å². The molecule has 0 radical (unpaired) electrons. The fourth-order valence-electron chi connectivity index (χ4n) is 2.07. The van der Waals surface area contributed by atoms with Gasteiger partial charge in [-0.15, -0.1) is 0 Å². The molecule has 0 bridgehead atoms. The number of carbonyl (C=O) groups excluding carboxylic acids is 1. The van der Waals surface area contributed by atoms with Crippen LogP contribution in [0.5, 0.6) is 0 Å². The molecule has 4 heteroatoms. The van der Waals surface area contributed by atoms with Crippen LogP contribution in [0.25, 0.3) is 0 Å². The summed E-state index contributed by atoms with van der Waals surface area (Å²) in [5.74, 6) is 0.0168. The molecule has 104 valence electrons. The summed E-state index contributed by atoms with van der Waals surface area (Å²) in [6, 6.07) is 13.3. The van der Waals surface area contributed by atoms with Gasteiger partial charge in [-0.1, -0.05) is 18.2 Å². The van der Waals surface area contributed by atoms with Crippen molar-refractivity contribution in [2.75, 3.05) is 18.9 Å². The SMILES string of the molecule is CCN(Cc1ccccn1)C(=O)c1ccccc1NC. The lowest BCUT2D eigenvalue weighted by atomic mass is 10.1. The first-order chi connectivity index (χ1) is 9.76. The number of pyridine rings is 1. The Morgan fingerprint density at radius 3 is 2.60 bits per heavy atom. The minimum Gasteiger partial charge on any atom is -0.387 e. The molecule has 1 heterocycles. The monoisotopic (exact) mass is 269 g/mol. The second-order valence-corrected chi connectivity index (χ2v) is 4.44. The van der Waals surface area contributed by atoms with Crippen LogP contribution >= 0.6 is 0 Å². The number of benzene rings is 1. The maximum Gasteiger partial charge on any atom is 0.256 e. The Hall–Kier alpha value is -2.36. The molecule has 0 saturated carbocycles. The minimum absolute atomic E-state index is 0.0168. The Morgan fingerprint density at radius 1 is 1.20 bits per heavy atom. The molecule has 0 spiro atoms. The Morgan fingerprint density at radius 2 is 1.95 bits per heavy atom. The summed E-state index contributed by atoms with van der Waals surface area (Å²) < 4.78 is 0. The third kappa shape index (κ3) is 3.15. The molecule has 2 rings (SSSR count). The summed E-state index contributed by atoms with van der Waals surface area (Å²) in [6.45, 7) is 3.14. The Balaban J connectivity index is 2.21. The molecule has 4 nitrogen and oxygen atoms in total. The molecule has 0 aliphatic carbocycles. The van der Waals surface area contributed by atoms with Crippen molar-refractivity contribution in [2.24, 2.45) is 0 Å². The molecule has 0 aliphatic heterocycles. The highest BCUT2D eigenvalue weighted by atomic mass is 16.2. The quantitative estimate of drug-likeness (QED) is 0.907. The number of aromatic nitrogens is 1. The van der Waals surface area contributed by atoms with Crippen LogP contribution < -0.4 is 5.32 Å². The van der Waals surface area contributed by atoms with Crippen molar-refractivity contribution >= 4 is 11.6 Å². The Labute approximate surface area is 119 Å². The Kier molecular flexibility index (Phi) is 4.71. The molecular weight excluding hydrogens is 250 g/mol. The van der Waals surface area contributed by atoms with Gasteiger partial charge in [-0.25, -0.2) is 0 Å². The van der Waals surface area contributed by atoms with E-state index in [0.29, 0.717) is 18.7 Å². The highest BCUT2D eigenvalue weighted by molar-refractivity contribution is 5.99. The molecule has 1 amide bonds. The molecule has 0 saturated heterocycles. The van der Waals surface area contributed by atoms with Gasteiger partial charge in [-0.05, 0) is 31.2 Å². The van der Waals surface area contributed by atoms with Crippen LogP contribution in [0.4, 0.5) is 5.69 Å². The first-order valence-corrected chi connectivity index (χ1v) is 6.72. The third-order valence-electron chi connectivity index (χ3n) is 3.17. The summed E-state index contributed by atoms with van der Waals surface area (Å²) in [4.78, 5) is 18.7. The van der Waals surface area contributed by atoms with E-state index in [1.807, 2.05) is 56.4 Å². The van der Waals surface area contributed by atoms with Gasteiger partial charge in [-0.3, -0.25) is 9.78 Å². The van der Waals surface area contributed by atoms with E-state index in [9.17, 15) is 4.79 Å². The molecule has 0 atom stereocenters. The van der Waals surface area contributed by atoms with E-state index in [2.05, 4.69) is 10.3 Å². The van der Waals surface area contributed by atoms with Crippen LogP contribution in [0, 0.1) is 0 Å². The molecule has 0 unspecified atom stereocenters. The van der Waals surface area contributed by atoms with Crippen LogP contribution in [0.15, 0.2) is 48.7 Å². The lowest BCUT2D eigenvalue weighted by Gasteiger charge is -2.21. The summed E-state index contributed by atoms with van der Waals surface area (Å²) in [7, 11) is 1.82. The number of nitrogens with one attached hydrogen (secondary N) is 1. The second-order valence-electron chi connectivity index (χ2n) is 4.44. The third-order valence-corrected chi connectivity index (χ3v) is 3.17. The van der Waals surface area contributed by atoms with Gasteiger partial charge >= 0.3 is 0 Å². The van der Waals surface area contributed by atoms with Gasteiger partial charge < -0.3 is 10.2 Å². The van der Waals surface area contributed by atoms with Gasteiger partial charge in [0.2, 0.25) is 0 Å². The first-order valence-electron chi connectivity index (χ1n) is 6.72. The zero-order valence-electron chi connectivity index (χ0n) is 11.8. The van der Waals surface area contributed by atoms with Crippen LogP contribution in [0.3, 0.4) is 0 Å². The summed E-state index contributed by atoms with van der Waals surface area (Å²) in [6.07, 6.45) is 1.75. The predicted molar refractivity (Wildman–Crippen MR) is 80.6 cm³/mol. The number of nitrogens with zero attached hydrogens (tertiary/aromatic N) is 2. The molecule has 2 aromatic rings. The van der Waals surface area contributed by atoms with Gasteiger partial charge in [0.1, 0.15) is 0 Å². The van der Waals surface area contributed by atoms with Crippen molar-refractivity contribution in [3.8, 4) is 0 Å². The molecular formula is C16H19N3O. The first kappa shape index (κ1) is 14.1. The molecule has 1 aromatic heterocycles.